The Morgan fingerprint density at radius 3 is 3.11 bits per heavy atom. The van der Waals surface area contributed by atoms with Crippen molar-refractivity contribution in [2.24, 2.45) is 0 Å². The summed E-state index contributed by atoms with van der Waals surface area (Å²) in [5, 5.41) is 5.19. The number of pyridine rings is 1. The zero-order valence-corrected chi connectivity index (χ0v) is 11.8. The van der Waals surface area contributed by atoms with Gasteiger partial charge in [-0.25, -0.2) is 4.98 Å². The second kappa shape index (κ2) is 5.45. The lowest BCUT2D eigenvalue weighted by Crippen LogP contribution is -2.49. The first-order valence-corrected chi connectivity index (χ1v) is 7.11. The first kappa shape index (κ1) is 12.9. The maximum atomic E-state index is 6.32. The van der Waals surface area contributed by atoms with Crippen LogP contribution >= 0.6 is 11.6 Å². The summed E-state index contributed by atoms with van der Waals surface area (Å²) in [5.41, 5.74) is 2.08. The van der Waals surface area contributed by atoms with Gasteiger partial charge in [-0.1, -0.05) is 29.8 Å². The summed E-state index contributed by atoms with van der Waals surface area (Å²) >= 11 is 6.32. The van der Waals surface area contributed by atoms with Gasteiger partial charge in [0.05, 0.1) is 5.52 Å². The smallest absolute Gasteiger partial charge is 0.134 e. The molecule has 1 fully saturated rings. The first-order chi connectivity index (χ1) is 9.24. The first-order valence-electron chi connectivity index (χ1n) is 6.73. The number of rotatable bonds is 2. The molecule has 0 radical (unpaired) electrons. The summed E-state index contributed by atoms with van der Waals surface area (Å²) in [7, 11) is 0. The van der Waals surface area contributed by atoms with Crippen LogP contribution in [0.1, 0.15) is 12.5 Å². The van der Waals surface area contributed by atoms with Crippen LogP contribution in [0.5, 0.6) is 0 Å². The molecule has 19 heavy (non-hydrogen) atoms. The van der Waals surface area contributed by atoms with Gasteiger partial charge in [-0.15, -0.1) is 0 Å². The molecule has 1 aliphatic rings. The van der Waals surface area contributed by atoms with Crippen molar-refractivity contribution in [1.29, 1.82) is 0 Å². The van der Waals surface area contributed by atoms with Crippen molar-refractivity contribution in [2.75, 3.05) is 19.6 Å². The molecule has 1 aromatic heterocycles. The minimum Gasteiger partial charge on any atom is -0.314 e. The lowest BCUT2D eigenvalue weighted by molar-refractivity contribution is 0.165. The van der Waals surface area contributed by atoms with Crippen molar-refractivity contribution in [1.82, 2.24) is 15.2 Å². The molecule has 0 unspecified atom stereocenters. The molecule has 1 saturated heterocycles. The molecular weight excluding hydrogens is 258 g/mol. The third-order valence-electron chi connectivity index (χ3n) is 3.76. The molecule has 2 aromatic rings. The van der Waals surface area contributed by atoms with Crippen LogP contribution in [0.3, 0.4) is 0 Å². The summed E-state index contributed by atoms with van der Waals surface area (Å²) < 4.78 is 0. The normalized spacial score (nSPS) is 20.8. The monoisotopic (exact) mass is 275 g/mol. The van der Waals surface area contributed by atoms with Crippen LogP contribution < -0.4 is 5.32 Å². The summed E-state index contributed by atoms with van der Waals surface area (Å²) in [6, 6.07) is 10.8. The molecular formula is C15H18ClN3. The van der Waals surface area contributed by atoms with Crippen LogP contribution in [0.15, 0.2) is 30.3 Å². The number of para-hydroxylation sites is 1. The van der Waals surface area contributed by atoms with Crippen LogP contribution in [-0.4, -0.2) is 35.6 Å². The van der Waals surface area contributed by atoms with Gasteiger partial charge in [-0.2, -0.15) is 0 Å². The van der Waals surface area contributed by atoms with Crippen molar-refractivity contribution < 1.29 is 0 Å². The molecule has 0 spiro atoms. The zero-order valence-electron chi connectivity index (χ0n) is 11.1. The Morgan fingerprint density at radius 2 is 2.26 bits per heavy atom. The Kier molecular flexibility index (Phi) is 3.69. The third-order valence-corrected chi connectivity index (χ3v) is 4.09. The number of hydrogen-bond acceptors (Lipinski definition) is 3. The van der Waals surface area contributed by atoms with Crippen LogP contribution in [0.2, 0.25) is 5.15 Å². The predicted molar refractivity (Wildman–Crippen MR) is 79.5 cm³/mol. The highest BCUT2D eigenvalue weighted by atomic mass is 35.5. The predicted octanol–water partition coefficient (Wildman–Crippen LogP) is 2.68. The molecule has 1 atom stereocenters. The van der Waals surface area contributed by atoms with E-state index < -0.39 is 0 Å². The Labute approximate surface area is 118 Å². The van der Waals surface area contributed by atoms with Crippen LogP contribution in [0.25, 0.3) is 10.9 Å². The number of piperazine rings is 1. The van der Waals surface area contributed by atoms with Crippen molar-refractivity contribution in [3.63, 3.8) is 0 Å². The minimum atomic E-state index is 0.538. The van der Waals surface area contributed by atoms with E-state index in [1.807, 2.05) is 18.2 Å². The average Bonchev–Trinajstić information content (AvgIpc) is 2.42. The van der Waals surface area contributed by atoms with Gasteiger partial charge in [-0.05, 0) is 19.1 Å². The molecule has 3 nitrogen and oxygen atoms in total. The highest BCUT2D eigenvalue weighted by Crippen LogP contribution is 2.22. The van der Waals surface area contributed by atoms with Gasteiger partial charge in [-0.3, -0.25) is 4.90 Å². The number of benzene rings is 1. The maximum absolute atomic E-state index is 6.32. The molecule has 1 N–H and O–H groups in total. The van der Waals surface area contributed by atoms with E-state index in [4.69, 9.17) is 11.6 Å². The van der Waals surface area contributed by atoms with Gasteiger partial charge in [0.25, 0.3) is 0 Å². The van der Waals surface area contributed by atoms with E-state index in [1.165, 1.54) is 0 Å². The SMILES string of the molecule is C[C@@H]1CNCCN1Cc1cc2ccccc2nc1Cl. The quantitative estimate of drug-likeness (QED) is 0.854. The van der Waals surface area contributed by atoms with Crippen LogP contribution in [0, 0.1) is 0 Å². The molecule has 0 amide bonds. The molecule has 1 aliphatic heterocycles. The lowest BCUT2D eigenvalue weighted by Gasteiger charge is -2.34. The topological polar surface area (TPSA) is 28.2 Å². The zero-order chi connectivity index (χ0) is 13.2. The van der Waals surface area contributed by atoms with Gasteiger partial charge in [0.15, 0.2) is 0 Å². The standard InChI is InChI=1S/C15H18ClN3/c1-11-9-17-6-7-19(11)10-13-8-12-4-2-3-5-14(12)18-15(13)16/h2-5,8,11,17H,6-7,9-10H2,1H3/t11-/m1/s1. The highest BCUT2D eigenvalue weighted by Gasteiger charge is 2.19. The van der Waals surface area contributed by atoms with E-state index in [-0.39, 0.29) is 0 Å². The lowest BCUT2D eigenvalue weighted by atomic mass is 10.1. The second-order valence-electron chi connectivity index (χ2n) is 5.15. The average molecular weight is 276 g/mol. The maximum Gasteiger partial charge on any atom is 0.134 e. The Hall–Kier alpha value is -1.16. The van der Waals surface area contributed by atoms with Gasteiger partial charge < -0.3 is 5.32 Å². The van der Waals surface area contributed by atoms with E-state index >= 15 is 0 Å². The molecule has 1 aromatic carbocycles. The number of fused-ring (bicyclic) bond motifs is 1. The number of nitrogens with one attached hydrogen (secondary N) is 1. The third kappa shape index (κ3) is 2.73. The Morgan fingerprint density at radius 1 is 1.42 bits per heavy atom. The van der Waals surface area contributed by atoms with Gasteiger partial charge in [0, 0.05) is 43.2 Å². The number of hydrogen-bond donors (Lipinski definition) is 1. The van der Waals surface area contributed by atoms with Crippen LogP contribution in [-0.2, 0) is 6.54 Å². The van der Waals surface area contributed by atoms with E-state index in [9.17, 15) is 0 Å². The summed E-state index contributed by atoms with van der Waals surface area (Å²) in [4.78, 5) is 6.94. The van der Waals surface area contributed by atoms with Crippen LogP contribution in [0.4, 0.5) is 0 Å². The van der Waals surface area contributed by atoms with Crippen molar-refractivity contribution in [3.05, 3.63) is 41.0 Å². The van der Waals surface area contributed by atoms with E-state index in [0.29, 0.717) is 11.2 Å². The minimum absolute atomic E-state index is 0.538. The van der Waals surface area contributed by atoms with Gasteiger partial charge in [0.2, 0.25) is 0 Å². The molecule has 4 heteroatoms. The van der Waals surface area contributed by atoms with Crippen molar-refractivity contribution >= 4 is 22.5 Å². The van der Waals surface area contributed by atoms with Gasteiger partial charge in [0.1, 0.15) is 5.15 Å². The molecule has 100 valence electrons. The van der Waals surface area contributed by atoms with Crippen molar-refractivity contribution in [3.8, 4) is 0 Å². The van der Waals surface area contributed by atoms with E-state index in [2.05, 4.69) is 34.3 Å². The Bertz CT molecular complexity index is 585. The largest absolute Gasteiger partial charge is 0.314 e. The molecule has 3 rings (SSSR count). The molecule has 0 bridgehead atoms. The molecule has 2 heterocycles. The van der Waals surface area contributed by atoms with Crippen molar-refractivity contribution in [2.45, 2.75) is 19.5 Å². The molecule has 0 saturated carbocycles. The summed E-state index contributed by atoms with van der Waals surface area (Å²) in [6.07, 6.45) is 0. The fourth-order valence-corrected chi connectivity index (χ4v) is 2.79. The second-order valence-corrected chi connectivity index (χ2v) is 5.51. The fraction of sp³-hybridized carbons (Fsp3) is 0.400. The summed E-state index contributed by atoms with van der Waals surface area (Å²) in [5.74, 6) is 0. The van der Waals surface area contributed by atoms with E-state index in [1.54, 1.807) is 0 Å². The highest BCUT2D eigenvalue weighted by molar-refractivity contribution is 6.30. The molecule has 0 aliphatic carbocycles. The fourth-order valence-electron chi connectivity index (χ4n) is 2.58. The number of aromatic nitrogens is 1. The Balaban J connectivity index is 1.89. The van der Waals surface area contributed by atoms with Gasteiger partial charge >= 0.3 is 0 Å². The number of halogens is 1. The number of nitrogens with zero attached hydrogens (tertiary/aromatic N) is 2. The summed E-state index contributed by atoms with van der Waals surface area (Å²) in [6.45, 7) is 6.26. The van der Waals surface area contributed by atoms with E-state index in [0.717, 1.165) is 42.6 Å².